The summed E-state index contributed by atoms with van der Waals surface area (Å²) in [6, 6.07) is 0. The number of hydrogen-bond donors (Lipinski definition) is 0. The lowest BCUT2D eigenvalue weighted by molar-refractivity contribution is -0.325. The van der Waals surface area contributed by atoms with Gasteiger partial charge in [0.05, 0.1) is 23.6 Å². The first-order valence-corrected chi connectivity index (χ1v) is 14.1. The van der Waals surface area contributed by atoms with Crippen LogP contribution in [0.2, 0.25) is 0 Å². The van der Waals surface area contributed by atoms with Crippen molar-refractivity contribution in [3.8, 4) is 0 Å². The van der Waals surface area contributed by atoms with E-state index in [9.17, 15) is 4.79 Å². The molecule has 4 aliphatic carbocycles. The quantitative estimate of drug-likeness (QED) is 0.298. The molecule has 30 heavy (non-hydrogen) atoms. The van der Waals surface area contributed by atoms with Crippen LogP contribution in [0, 0.1) is 40.4 Å². The highest BCUT2D eigenvalue weighted by Crippen LogP contribution is 2.75. The fourth-order valence-corrected chi connectivity index (χ4v) is 12.0. The molecular weight excluding hydrogens is 508 g/mol. The van der Waals surface area contributed by atoms with E-state index in [4.69, 9.17) is 9.47 Å². The Kier molecular flexibility index (Phi) is 5.51. The molecule has 5 heteroatoms. The van der Waals surface area contributed by atoms with E-state index in [-0.39, 0.29) is 17.0 Å². The van der Waals surface area contributed by atoms with Crippen LogP contribution in [0.15, 0.2) is 0 Å². The summed E-state index contributed by atoms with van der Waals surface area (Å²) in [6.07, 6.45) is 11.1. The van der Waals surface area contributed by atoms with Crippen LogP contribution < -0.4 is 0 Å². The maximum atomic E-state index is 11.8. The Balaban J connectivity index is 1.48. The van der Waals surface area contributed by atoms with Crippen LogP contribution in [0.3, 0.4) is 0 Å². The van der Waals surface area contributed by atoms with Crippen LogP contribution in [0.5, 0.6) is 0 Å². The number of carbonyl (C=O) groups excluding carboxylic acids is 1. The van der Waals surface area contributed by atoms with Gasteiger partial charge in [-0.05, 0) is 86.4 Å². The normalized spacial score (nSPS) is 54.9. The molecule has 2 heterocycles. The molecule has 2 saturated heterocycles. The van der Waals surface area contributed by atoms with E-state index in [1.54, 1.807) is 0 Å². The van der Waals surface area contributed by atoms with E-state index in [0.29, 0.717) is 51.3 Å². The molecule has 1 spiro atoms. The zero-order valence-electron chi connectivity index (χ0n) is 19.0. The molecular formula is C25H38Br2O3. The van der Waals surface area contributed by atoms with Gasteiger partial charge in [-0.3, -0.25) is 4.79 Å². The Morgan fingerprint density at radius 1 is 1.10 bits per heavy atom. The number of alkyl halides is 2. The van der Waals surface area contributed by atoms with Crippen molar-refractivity contribution in [1.29, 1.82) is 0 Å². The van der Waals surface area contributed by atoms with Crippen LogP contribution in [0.1, 0.15) is 78.6 Å². The number of esters is 1. The van der Waals surface area contributed by atoms with Crippen molar-refractivity contribution in [2.75, 3.05) is 7.11 Å². The SMILES string of the molecule is COC(=O)CC[C@H](C)[C@H]1CC[C@H]2[C@@H]3CC[C@H]4C[C@@H]5CC[C@]4(C)[C@@]3(O5)[C@@H](Br)[C@@H](Br)[C@]12C. The largest absolute Gasteiger partial charge is 0.469 e. The second-order valence-electron chi connectivity index (χ2n) is 11.7. The lowest BCUT2D eigenvalue weighted by atomic mass is 9.40. The number of rotatable bonds is 4. The zero-order valence-corrected chi connectivity index (χ0v) is 22.1. The molecule has 0 aromatic heterocycles. The molecule has 6 aliphatic rings. The predicted molar refractivity (Wildman–Crippen MR) is 126 cm³/mol. The Labute approximate surface area is 199 Å². The van der Waals surface area contributed by atoms with Gasteiger partial charge >= 0.3 is 5.97 Å². The van der Waals surface area contributed by atoms with E-state index in [2.05, 4.69) is 52.6 Å². The number of ether oxygens (including phenoxy) is 2. The van der Waals surface area contributed by atoms with Crippen molar-refractivity contribution in [2.45, 2.75) is 99.9 Å². The summed E-state index contributed by atoms with van der Waals surface area (Å²) in [5.74, 6) is 3.29. The first-order chi connectivity index (χ1) is 14.2. The van der Waals surface area contributed by atoms with Gasteiger partial charge in [-0.25, -0.2) is 0 Å². The first kappa shape index (κ1) is 22.2. The number of methoxy groups -OCH3 is 1. The summed E-state index contributed by atoms with van der Waals surface area (Å²) in [5, 5.41) is 0. The Bertz CT molecular complexity index is 715. The average Bonchev–Trinajstić information content (AvgIpc) is 3.08. The minimum atomic E-state index is -0.0733. The molecule has 0 radical (unpaired) electrons. The molecule has 6 rings (SSSR count). The molecule has 3 nitrogen and oxygen atoms in total. The van der Waals surface area contributed by atoms with Gasteiger partial charge in [0, 0.05) is 16.7 Å². The van der Waals surface area contributed by atoms with Gasteiger partial charge in [-0.1, -0.05) is 52.6 Å². The lowest BCUT2D eigenvalue weighted by Crippen LogP contribution is -2.77. The standard InChI is InChI=1S/C25H38Br2O3/c1-14(5-10-20(28)29-4)17-8-9-18-19-7-6-15-13-16-11-12-23(15,2)25(19,30-16)22(27)21(26)24(17,18)3/h14-19,21-22H,5-13H2,1-4H3/t14-,15-,16-,17+,18-,19-,21+,22-,23-,24+,25-/m0/s1. The average molecular weight is 546 g/mol. The van der Waals surface area contributed by atoms with Crippen molar-refractivity contribution in [1.82, 2.24) is 0 Å². The Morgan fingerprint density at radius 2 is 1.83 bits per heavy atom. The highest BCUT2D eigenvalue weighted by molar-refractivity contribution is 9.12. The summed E-state index contributed by atoms with van der Waals surface area (Å²) in [6.45, 7) is 7.49. The van der Waals surface area contributed by atoms with E-state index >= 15 is 0 Å². The van der Waals surface area contributed by atoms with Gasteiger partial charge in [-0.2, -0.15) is 0 Å². The van der Waals surface area contributed by atoms with Crippen molar-refractivity contribution < 1.29 is 14.3 Å². The fraction of sp³-hybridized carbons (Fsp3) is 0.960. The third kappa shape index (κ3) is 2.67. The Morgan fingerprint density at radius 3 is 2.57 bits per heavy atom. The minimum Gasteiger partial charge on any atom is -0.469 e. The van der Waals surface area contributed by atoms with Crippen LogP contribution in [0.4, 0.5) is 0 Å². The molecule has 2 aliphatic heterocycles. The van der Waals surface area contributed by atoms with Crippen molar-refractivity contribution in [2.24, 2.45) is 40.4 Å². The second kappa shape index (κ2) is 7.45. The molecule has 0 aromatic carbocycles. The predicted octanol–water partition coefficient (Wildman–Crippen LogP) is 6.50. The third-order valence-electron chi connectivity index (χ3n) is 10.9. The van der Waals surface area contributed by atoms with Crippen molar-refractivity contribution in [3.05, 3.63) is 0 Å². The summed E-state index contributed by atoms with van der Waals surface area (Å²) < 4.78 is 12.1. The number of hydrogen-bond acceptors (Lipinski definition) is 3. The Hall–Kier alpha value is 0.390. The number of fused-ring (bicyclic) bond motifs is 3. The molecule has 0 aromatic rings. The maximum absolute atomic E-state index is 11.8. The second-order valence-corrected chi connectivity index (χ2v) is 13.6. The summed E-state index contributed by atoms with van der Waals surface area (Å²) in [7, 11) is 1.50. The van der Waals surface area contributed by atoms with E-state index < -0.39 is 0 Å². The summed E-state index contributed by atoms with van der Waals surface area (Å²) in [5.41, 5.74) is 0.531. The van der Waals surface area contributed by atoms with Gasteiger partial charge < -0.3 is 9.47 Å². The van der Waals surface area contributed by atoms with Gasteiger partial charge in [0.15, 0.2) is 0 Å². The highest BCUT2D eigenvalue weighted by atomic mass is 79.9. The van der Waals surface area contributed by atoms with Crippen LogP contribution in [-0.2, 0) is 14.3 Å². The van der Waals surface area contributed by atoms with Crippen LogP contribution >= 0.6 is 31.9 Å². The van der Waals surface area contributed by atoms with Gasteiger partial charge in [-0.15, -0.1) is 0 Å². The van der Waals surface area contributed by atoms with E-state index in [1.807, 2.05) is 0 Å². The third-order valence-corrected chi connectivity index (χ3v) is 14.4. The van der Waals surface area contributed by atoms with Crippen LogP contribution in [0.25, 0.3) is 0 Å². The molecule has 0 amide bonds. The minimum absolute atomic E-state index is 0.0143. The van der Waals surface area contributed by atoms with E-state index in [1.165, 1.54) is 52.1 Å². The zero-order chi connectivity index (χ0) is 21.5. The first-order valence-electron chi connectivity index (χ1n) is 12.2. The van der Waals surface area contributed by atoms with E-state index in [0.717, 1.165) is 12.3 Å². The summed E-state index contributed by atoms with van der Waals surface area (Å²) in [4.78, 5) is 12.5. The van der Waals surface area contributed by atoms with Crippen molar-refractivity contribution in [3.63, 3.8) is 0 Å². The molecule has 4 saturated carbocycles. The van der Waals surface area contributed by atoms with Gasteiger partial charge in [0.2, 0.25) is 0 Å². The smallest absolute Gasteiger partial charge is 0.305 e. The molecule has 11 atom stereocenters. The maximum Gasteiger partial charge on any atom is 0.305 e. The fourth-order valence-electron chi connectivity index (χ4n) is 9.40. The molecule has 170 valence electrons. The summed E-state index contributed by atoms with van der Waals surface area (Å²) >= 11 is 8.57. The molecule has 6 fully saturated rings. The lowest BCUT2D eigenvalue weighted by Gasteiger charge is -2.74. The molecule has 0 unspecified atom stereocenters. The monoisotopic (exact) mass is 544 g/mol. The number of carbonyl (C=O) groups is 1. The van der Waals surface area contributed by atoms with Gasteiger partial charge in [0.25, 0.3) is 0 Å². The van der Waals surface area contributed by atoms with Crippen LogP contribution in [-0.4, -0.2) is 34.4 Å². The number of halogens is 2. The topological polar surface area (TPSA) is 35.5 Å². The van der Waals surface area contributed by atoms with Gasteiger partial charge in [0.1, 0.15) is 0 Å². The molecule has 4 bridgehead atoms. The molecule has 0 N–H and O–H groups in total. The van der Waals surface area contributed by atoms with Crippen molar-refractivity contribution >= 4 is 37.8 Å². The highest BCUT2D eigenvalue weighted by Gasteiger charge is 2.76.